The fraction of sp³-hybridized carbons (Fsp3) is 0.632. The molecule has 0 saturated heterocycles. The highest BCUT2D eigenvalue weighted by molar-refractivity contribution is 5.69. The molecule has 0 amide bonds. The highest BCUT2D eigenvalue weighted by Crippen LogP contribution is 2.15. The Morgan fingerprint density at radius 1 is 1.05 bits per heavy atom. The van der Waals surface area contributed by atoms with Gasteiger partial charge in [0.25, 0.3) is 0 Å². The van der Waals surface area contributed by atoms with Crippen LogP contribution in [-0.4, -0.2) is 12.6 Å². The van der Waals surface area contributed by atoms with Crippen LogP contribution in [0.25, 0.3) is 0 Å². The minimum Gasteiger partial charge on any atom is -0.465 e. The summed E-state index contributed by atoms with van der Waals surface area (Å²) in [6.07, 6.45) is 13.5. The van der Waals surface area contributed by atoms with Gasteiger partial charge in [-0.1, -0.05) is 49.3 Å². The van der Waals surface area contributed by atoms with Crippen LogP contribution >= 0.6 is 0 Å². The summed E-state index contributed by atoms with van der Waals surface area (Å²) in [6.45, 7) is 9.14. The van der Waals surface area contributed by atoms with Gasteiger partial charge in [0.1, 0.15) is 0 Å². The van der Waals surface area contributed by atoms with Crippen LogP contribution in [0.1, 0.15) is 59.8 Å². The highest BCUT2D eigenvalue weighted by atomic mass is 16.5. The lowest BCUT2D eigenvalue weighted by Crippen LogP contribution is -2.10. The molecule has 2 heteroatoms. The molecular formula is C19H30O2. The molecule has 2 nitrogen and oxygen atoms in total. The lowest BCUT2D eigenvalue weighted by molar-refractivity contribution is -0.144. The molecule has 1 rings (SSSR count). The van der Waals surface area contributed by atoms with Gasteiger partial charge in [-0.05, 0) is 45.4 Å². The molecule has 118 valence electrons. The van der Waals surface area contributed by atoms with E-state index >= 15 is 0 Å². The molecule has 1 aliphatic rings. The smallest absolute Gasteiger partial charge is 0.306 e. The first-order chi connectivity index (χ1) is 9.97. The summed E-state index contributed by atoms with van der Waals surface area (Å²) in [5.74, 6) is 0.768. The second-order valence-electron chi connectivity index (χ2n) is 6.40. The molecule has 0 fully saturated rings. The molecule has 0 spiro atoms. The largest absolute Gasteiger partial charge is 0.465 e. The van der Waals surface area contributed by atoms with Crippen molar-refractivity contribution in [2.75, 3.05) is 6.61 Å². The van der Waals surface area contributed by atoms with Gasteiger partial charge in [0, 0.05) is 12.3 Å². The number of allylic oxidation sites excluding steroid dienone is 5. The standard InChI is InChI=1S/C19H30O2/c1-15-7-5-8-16(2)13-17(3)9-6-10-18(4)14-21-19(20)12-11-15/h6-7,10,13,17-18H,5,8-9,11-12,14H2,1-4H3/b10-6+,15-7?,16-13+/t17-,18+/m1/s1. The summed E-state index contributed by atoms with van der Waals surface area (Å²) in [5.41, 5.74) is 2.74. The van der Waals surface area contributed by atoms with Gasteiger partial charge < -0.3 is 4.74 Å². The molecule has 1 heterocycles. The van der Waals surface area contributed by atoms with Crippen LogP contribution in [0.5, 0.6) is 0 Å². The molecule has 1 aliphatic heterocycles. The topological polar surface area (TPSA) is 26.3 Å². The average molecular weight is 290 g/mol. The molecule has 0 aromatic rings. The first-order valence-electron chi connectivity index (χ1n) is 8.12. The van der Waals surface area contributed by atoms with E-state index in [2.05, 4.69) is 52.0 Å². The van der Waals surface area contributed by atoms with Crippen molar-refractivity contribution in [3.63, 3.8) is 0 Å². The summed E-state index contributed by atoms with van der Waals surface area (Å²) < 4.78 is 5.32. The number of hydrogen-bond acceptors (Lipinski definition) is 2. The zero-order valence-electron chi connectivity index (χ0n) is 14.0. The third kappa shape index (κ3) is 8.54. The summed E-state index contributed by atoms with van der Waals surface area (Å²) in [5, 5.41) is 0. The second kappa shape index (κ2) is 9.59. The third-order valence-electron chi connectivity index (χ3n) is 3.80. The predicted molar refractivity (Wildman–Crippen MR) is 89.0 cm³/mol. The fourth-order valence-electron chi connectivity index (χ4n) is 2.46. The second-order valence-corrected chi connectivity index (χ2v) is 6.40. The number of hydrogen-bond donors (Lipinski definition) is 0. The van der Waals surface area contributed by atoms with Crippen LogP contribution in [0.15, 0.2) is 35.5 Å². The van der Waals surface area contributed by atoms with E-state index in [4.69, 9.17) is 4.74 Å². The minimum absolute atomic E-state index is 0.0838. The van der Waals surface area contributed by atoms with Crippen molar-refractivity contribution >= 4 is 5.97 Å². The van der Waals surface area contributed by atoms with Gasteiger partial charge in [0.2, 0.25) is 0 Å². The maximum Gasteiger partial charge on any atom is 0.306 e. The first-order valence-corrected chi connectivity index (χ1v) is 8.12. The summed E-state index contributed by atoms with van der Waals surface area (Å²) in [7, 11) is 0. The normalized spacial score (nSPS) is 30.8. The van der Waals surface area contributed by atoms with Crippen molar-refractivity contribution in [2.24, 2.45) is 11.8 Å². The Morgan fingerprint density at radius 3 is 2.57 bits per heavy atom. The van der Waals surface area contributed by atoms with Gasteiger partial charge in [-0.25, -0.2) is 0 Å². The van der Waals surface area contributed by atoms with Gasteiger partial charge in [-0.3, -0.25) is 4.79 Å². The number of esters is 1. The average Bonchev–Trinajstić information content (AvgIpc) is 2.41. The molecule has 0 aromatic heterocycles. The van der Waals surface area contributed by atoms with Crippen molar-refractivity contribution in [1.29, 1.82) is 0 Å². The molecule has 0 N–H and O–H groups in total. The molecular weight excluding hydrogens is 260 g/mol. The van der Waals surface area contributed by atoms with E-state index in [1.165, 1.54) is 11.1 Å². The molecule has 0 bridgehead atoms. The van der Waals surface area contributed by atoms with Crippen LogP contribution in [0.2, 0.25) is 0 Å². The summed E-state index contributed by atoms with van der Waals surface area (Å²) in [4.78, 5) is 11.7. The molecule has 0 saturated carbocycles. The van der Waals surface area contributed by atoms with Gasteiger partial charge in [0.05, 0.1) is 6.61 Å². The zero-order valence-corrected chi connectivity index (χ0v) is 14.0. The third-order valence-corrected chi connectivity index (χ3v) is 3.80. The van der Waals surface area contributed by atoms with Gasteiger partial charge in [0.15, 0.2) is 0 Å². The van der Waals surface area contributed by atoms with Crippen LogP contribution in [0.4, 0.5) is 0 Å². The highest BCUT2D eigenvalue weighted by Gasteiger charge is 2.06. The van der Waals surface area contributed by atoms with E-state index in [9.17, 15) is 4.79 Å². The van der Waals surface area contributed by atoms with E-state index in [0.717, 1.165) is 25.7 Å². The number of ether oxygens (including phenoxy) is 1. The predicted octanol–water partition coefficient (Wildman–Crippen LogP) is 5.21. The van der Waals surface area contributed by atoms with Crippen LogP contribution in [-0.2, 0) is 9.53 Å². The van der Waals surface area contributed by atoms with Crippen molar-refractivity contribution < 1.29 is 9.53 Å². The summed E-state index contributed by atoms with van der Waals surface area (Å²) >= 11 is 0. The molecule has 21 heavy (non-hydrogen) atoms. The van der Waals surface area contributed by atoms with Gasteiger partial charge in [-0.2, -0.15) is 0 Å². The van der Waals surface area contributed by atoms with E-state index in [0.29, 0.717) is 18.9 Å². The number of carbonyl (C=O) groups is 1. The Bertz CT molecular complexity index is 415. The Morgan fingerprint density at radius 2 is 1.81 bits per heavy atom. The number of rotatable bonds is 0. The van der Waals surface area contributed by atoms with E-state index in [1.54, 1.807) is 0 Å². The van der Waals surface area contributed by atoms with E-state index < -0.39 is 0 Å². The van der Waals surface area contributed by atoms with Crippen molar-refractivity contribution in [2.45, 2.75) is 59.8 Å². The molecule has 2 atom stereocenters. The Labute approximate surface area is 130 Å². The SMILES string of the molecule is CC1=CCC/C(C)=C/[C@H](C)C/C=C/[C@H](C)COC(=O)CC1. The van der Waals surface area contributed by atoms with Crippen molar-refractivity contribution in [3.05, 3.63) is 35.5 Å². The quantitative estimate of drug-likeness (QED) is 0.452. The van der Waals surface area contributed by atoms with Gasteiger partial charge in [-0.15, -0.1) is 0 Å². The van der Waals surface area contributed by atoms with E-state index in [-0.39, 0.29) is 11.9 Å². The number of cyclic esters (lactones) is 1. The maximum atomic E-state index is 11.7. The lowest BCUT2D eigenvalue weighted by Gasteiger charge is -2.10. The maximum absolute atomic E-state index is 11.7. The lowest BCUT2D eigenvalue weighted by atomic mass is 10.00. The Hall–Kier alpha value is -1.31. The molecule has 0 aromatic carbocycles. The molecule has 0 unspecified atom stereocenters. The van der Waals surface area contributed by atoms with Crippen LogP contribution in [0.3, 0.4) is 0 Å². The molecule has 0 radical (unpaired) electrons. The Balaban J connectivity index is 2.69. The molecule has 0 aliphatic carbocycles. The first kappa shape index (κ1) is 17.7. The van der Waals surface area contributed by atoms with Crippen LogP contribution < -0.4 is 0 Å². The van der Waals surface area contributed by atoms with E-state index in [1.807, 2.05) is 0 Å². The van der Waals surface area contributed by atoms with Crippen LogP contribution in [0, 0.1) is 11.8 Å². The minimum atomic E-state index is -0.0838. The number of carbonyl (C=O) groups excluding carboxylic acids is 1. The summed E-state index contributed by atoms with van der Waals surface area (Å²) in [6, 6.07) is 0. The van der Waals surface area contributed by atoms with Gasteiger partial charge >= 0.3 is 5.97 Å². The van der Waals surface area contributed by atoms with Crippen molar-refractivity contribution in [1.82, 2.24) is 0 Å². The Kier molecular flexibility index (Phi) is 8.11. The monoisotopic (exact) mass is 290 g/mol. The fourth-order valence-corrected chi connectivity index (χ4v) is 2.46. The zero-order chi connectivity index (χ0) is 15.7. The van der Waals surface area contributed by atoms with Crippen molar-refractivity contribution in [3.8, 4) is 0 Å².